The summed E-state index contributed by atoms with van der Waals surface area (Å²) in [5, 5.41) is 2.63. The second-order valence-corrected chi connectivity index (χ2v) is 5.31. The maximum Gasteiger partial charge on any atom is 0.407 e. The average molecular weight is 343 g/mol. The average Bonchev–Trinajstić information content (AvgIpc) is 2.59. The summed E-state index contributed by atoms with van der Waals surface area (Å²) in [6.07, 6.45) is -0.165. The van der Waals surface area contributed by atoms with Gasteiger partial charge in [0.15, 0.2) is 8.69 Å². The van der Waals surface area contributed by atoms with Gasteiger partial charge in [-0.25, -0.2) is 4.79 Å². The molecule has 23 heavy (non-hydrogen) atoms. The van der Waals surface area contributed by atoms with Crippen LogP contribution in [0.1, 0.15) is 18.9 Å². The van der Waals surface area contributed by atoms with Gasteiger partial charge in [-0.15, -0.1) is 0 Å². The number of hydrogen-bond donors (Lipinski definition) is 1. The van der Waals surface area contributed by atoms with Crippen molar-refractivity contribution >= 4 is 20.7 Å². The maximum absolute atomic E-state index is 11.9. The van der Waals surface area contributed by atoms with Crippen LogP contribution < -0.4 is 5.32 Å². The van der Waals surface area contributed by atoms with Crippen LogP contribution in [0.5, 0.6) is 0 Å². The molecule has 1 N–H and O–H groups in total. The molecule has 128 valence electrons. The highest BCUT2D eigenvalue weighted by molar-refractivity contribution is 7.17. The van der Waals surface area contributed by atoms with Crippen molar-refractivity contribution in [2.75, 3.05) is 13.7 Å². The van der Waals surface area contributed by atoms with Crippen molar-refractivity contribution in [2.24, 2.45) is 5.92 Å². The van der Waals surface area contributed by atoms with Gasteiger partial charge >= 0.3 is 12.1 Å². The molecule has 0 bridgehead atoms. The molecule has 0 spiro atoms. The lowest BCUT2D eigenvalue weighted by molar-refractivity contribution is -0.147. The predicted molar refractivity (Wildman–Crippen MR) is 85.7 cm³/mol. The molecule has 0 aliphatic carbocycles. The predicted octanol–water partition coefficient (Wildman–Crippen LogP) is 2.17. The van der Waals surface area contributed by atoms with Crippen molar-refractivity contribution in [3.05, 3.63) is 35.9 Å². The highest BCUT2D eigenvalue weighted by atomic mass is 31.1. The largest absolute Gasteiger partial charge is 0.469 e. The van der Waals surface area contributed by atoms with Crippen LogP contribution in [0, 0.1) is 5.92 Å². The van der Waals surface area contributed by atoms with Gasteiger partial charge in [0.2, 0.25) is 0 Å². The van der Waals surface area contributed by atoms with Crippen LogP contribution in [0.15, 0.2) is 30.3 Å². The molecule has 8 heteroatoms. The van der Waals surface area contributed by atoms with Crippen LogP contribution in [-0.2, 0) is 30.0 Å². The molecule has 0 saturated carbocycles. The standard InChI is InChI=1S/C15H22NO6P/c1-3-13(12(10-22-23-19)14(17)20-2)16-15(18)21-9-11-7-5-4-6-8-11/h4-8,12-13H,3,9-10,23H2,1-2H3,(H,16,18). The minimum atomic E-state index is -1.43. The number of carbonyl (C=O) groups excluding carboxylic acids is 2. The summed E-state index contributed by atoms with van der Waals surface area (Å²) in [5.74, 6) is -1.27. The van der Waals surface area contributed by atoms with Crippen molar-refractivity contribution in [3.8, 4) is 0 Å². The van der Waals surface area contributed by atoms with Gasteiger partial charge in [0.1, 0.15) is 12.5 Å². The third-order valence-electron chi connectivity index (χ3n) is 3.29. The normalized spacial score (nSPS) is 13.5. The van der Waals surface area contributed by atoms with E-state index in [9.17, 15) is 14.2 Å². The maximum atomic E-state index is 11.9. The summed E-state index contributed by atoms with van der Waals surface area (Å²) >= 11 is 0. The zero-order chi connectivity index (χ0) is 17.1. The van der Waals surface area contributed by atoms with Crippen molar-refractivity contribution in [1.29, 1.82) is 0 Å². The molecule has 3 atom stereocenters. The third-order valence-corrected chi connectivity index (χ3v) is 3.62. The molecule has 0 radical (unpaired) electrons. The monoisotopic (exact) mass is 343 g/mol. The van der Waals surface area contributed by atoms with Crippen molar-refractivity contribution in [3.63, 3.8) is 0 Å². The van der Waals surface area contributed by atoms with Crippen molar-refractivity contribution in [2.45, 2.75) is 26.0 Å². The first kappa shape index (κ1) is 19.2. The van der Waals surface area contributed by atoms with E-state index in [1.54, 1.807) is 0 Å². The number of amides is 1. The van der Waals surface area contributed by atoms with Crippen LogP contribution in [0.25, 0.3) is 0 Å². The molecule has 0 aromatic heterocycles. The number of ether oxygens (including phenoxy) is 2. The summed E-state index contributed by atoms with van der Waals surface area (Å²) in [4.78, 5) is 23.7. The molecule has 0 aliphatic heterocycles. The molecule has 1 aromatic rings. The summed E-state index contributed by atoms with van der Waals surface area (Å²) in [7, 11) is -0.184. The number of rotatable bonds is 9. The second-order valence-electron chi connectivity index (χ2n) is 4.78. The lowest BCUT2D eigenvalue weighted by atomic mass is 9.99. The zero-order valence-corrected chi connectivity index (χ0v) is 14.3. The minimum absolute atomic E-state index is 0.0804. The molecule has 7 nitrogen and oxygen atoms in total. The van der Waals surface area contributed by atoms with Crippen LogP contribution in [0.2, 0.25) is 0 Å². The summed E-state index contributed by atoms with van der Waals surface area (Å²) < 4.78 is 25.2. The number of alkyl carbamates (subject to hydrolysis) is 1. The Bertz CT molecular complexity index is 510. The minimum Gasteiger partial charge on any atom is -0.469 e. The van der Waals surface area contributed by atoms with Crippen LogP contribution >= 0.6 is 8.69 Å². The molecule has 1 amide bonds. The van der Waals surface area contributed by atoms with Gasteiger partial charge in [0.25, 0.3) is 0 Å². The Labute approximate surface area is 136 Å². The molecule has 0 heterocycles. The van der Waals surface area contributed by atoms with E-state index in [2.05, 4.69) is 5.32 Å². The highest BCUT2D eigenvalue weighted by Gasteiger charge is 2.30. The number of benzene rings is 1. The third kappa shape index (κ3) is 6.84. The number of esters is 1. The van der Waals surface area contributed by atoms with Gasteiger partial charge in [0.05, 0.1) is 13.7 Å². The smallest absolute Gasteiger partial charge is 0.407 e. The zero-order valence-electron chi connectivity index (χ0n) is 13.2. The van der Waals surface area contributed by atoms with Crippen molar-refractivity contribution < 1.29 is 28.2 Å². The Balaban J connectivity index is 2.59. The number of methoxy groups -OCH3 is 1. The fourth-order valence-corrected chi connectivity index (χ4v) is 2.33. The van der Waals surface area contributed by atoms with Gasteiger partial charge in [-0.1, -0.05) is 37.3 Å². The summed E-state index contributed by atoms with van der Waals surface area (Å²) in [6, 6.07) is 8.72. The van der Waals surface area contributed by atoms with Gasteiger partial charge in [-0.3, -0.25) is 9.36 Å². The molecule has 1 rings (SSSR count). The van der Waals surface area contributed by atoms with Gasteiger partial charge < -0.3 is 19.3 Å². The van der Waals surface area contributed by atoms with Gasteiger partial charge in [-0.05, 0) is 12.0 Å². The first-order valence-electron chi connectivity index (χ1n) is 7.22. The van der Waals surface area contributed by atoms with Crippen LogP contribution in [-0.4, -0.2) is 31.8 Å². The quantitative estimate of drug-likeness (QED) is 0.546. The Morgan fingerprint density at radius 1 is 1.26 bits per heavy atom. The number of hydrogen-bond acceptors (Lipinski definition) is 6. The Hall–Kier alpha value is -1.85. The molecular formula is C15H22NO6P. The molecule has 0 saturated heterocycles. The number of carbonyl (C=O) groups is 2. The topological polar surface area (TPSA) is 90.9 Å². The van der Waals surface area contributed by atoms with E-state index in [1.807, 2.05) is 37.3 Å². The summed E-state index contributed by atoms with van der Waals surface area (Å²) in [5.41, 5.74) is 0.860. The van der Waals surface area contributed by atoms with E-state index in [-0.39, 0.29) is 13.2 Å². The fraction of sp³-hybridized carbons (Fsp3) is 0.467. The second kappa shape index (κ2) is 10.8. The fourth-order valence-electron chi connectivity index (χ4n) is 2.05. The van der Waals surface area contributed by atoms with E-state index >= 15 is 0 Å². The van der Waals surface area contributed by atoms with Crippen molar-refractivity contribution in [1.82, 2.24) is 5.32 Å². The lowest BCUT2D eigenvalue weighted by Crippen LogP contribution is -2.45. The SMILES string of the molecule is CCC(NC(=O)OCc1ccccc1)C(CO[PH2]=O)C(=O)OC. The van der Waals surface area contributed by atoms with Crippen LogP contribution in [0.3, 0.4) is 0 Å². The first-order chi connectivity index (χ1) is 11.1. The molecule has 3 unspecified atom stereocenters. The molecule has 1 aromatic carbocycles. The van der Waals surface area contributed by atoms with E-state index in [0.717, 1.165) is 5.56 Å². The Morgan fingerprint density at radius 2 is 1.96 bits per heavy atom. The Morgan fingerprint density at radius 3 is 2.52 bits per heavy atom. The molecule has 0 fully saturated rings. The number of nitrogens with one attached hydrogen (secondary N) is 1. The van der Waals surface area contributed by atoms with E-state index in [1.165, 1.54) is 7.11 Å². The van der Waals surface area contributed by atoms with Crippen LogP contribution in [0.4, 0.5) is 4.79 Å². The van der Waals surface area contributed by atoms with Gasteiger partial charge in [-0.2, -0.15) is 0 Å². The lowest BCUT2D eigenvalue weighted by Gasteiger charge is -2.24. The van der Waals surface area contributed by atoms with Gasteiger partial charge in [0, 0.05) is 6.04 Å². The van der Waals surface area contributed by atoms with E-state index in [4.69, 9.17) is 14.0 Å². The highest BCUT2D eigenvalue weighted by Crippen LogP contribution is 2.14. The molecular weight excluding hydrogens is 321 g/mol. The molecule has 0 aliphatic rings. The Kier molecular flexibility index (Phi) is 9.02. The first-order valence-corrected chi connectivity index (χ1v) is 8.16. The van der Waals surface area contributed by atoms with E-state index < -0.39 is 32.7 Å². The van der Waals surface area contributed by atoms with E-state index in [0.29, 0.717) is 6.42 Å². The summed E-state index contributed by atoms with van der Waals surface area (Å²) in [6.45, 7) is 1.86.